The molecule has 0 aliphatic rings. The van der Waals surface area contributed by atoms with E-state index >= 15 is 0 Å². The van der Waals surface area contributed by atoms with Gasteiger partial charge in [0.05, 0.1) is 6.07 Å². The second kappa shape index (κ2) is 8.38. The smallest absolute Gasteiger partial charge is 0.0908 e. The lowest BCUT2D eigenvalue weighted by atomic mass is 10.5. The van der Waals surface area contributed by atoms with Gasteiger partial charge in [-0.05, 0) is 19.1 Å². The van der Waals surface area contributed by atoms with Gasteiger partial charge in [0.25, 0.3) is 0 Å². The molecule has 1 aromatic rings. The van der Waals surface area contributed by atoms with E-state index in [1.54, 1.807) is 18.5 Å². The summed E-state index contributed by atoms with van der Waals surface area (Å²) in [7, 11) is 0. The van der Waals surface area contributed by atoms with Crippen LogP contribution in [0.1, 0.15) is 6.92 Å². The quantitative estimate of drug-likeness (QED) is 0.526. The monoisotopic (exact) mass is 146 g/mol. The molecular formula is C9H10N2. The highest BCUT2D eigenvalue weighted by atomic mass is 14.6. The Morgan fingerprint density at radius 1 is 1.27 bits per heavy atom. The zero-order valence-electron chi connectivity index (χ0n) is 6.44. The maximum Gasteiger partial charge on any atom is 0.0908 e. The first-order valence-corrected chi connectivity index (χ1v) is 3.27. The van der Waals surface area contributed by atoms with E-state index in [1.807, 2.05) is 31.2 Å². The molecule has 0 aromatic carbocycles. The van der Waals surface area contributed by atoms with Crippen molar-refractivity contribution in [3.8, 4) is 6.07 Å². The molecule has 0 radical (unpaired) electrons. The third-order valence-corrected chi connectivity index (χ3v) is 0.808. The summed E-state index contributed by atoms with van der Waals surface area (Å²) in [6.45, 7) is 1.81. The molecular weight excluding hydrogens is 136 g/mol. The Balaban J connectivity index is 0.000000187. The second-order valence-electron chi connectivity index (χ2n) is 1.65. The van der Waals surface area contributed by atoms with Crippen molar-refractivity contribution in [1.29, 1.82) is 5.26 Å². The molecule has 2 heteroatoms. The highest BCUT2D eigenvalue weighted by Crippen LogP contribution is 1.73. The summed E-state index contributed by atoms with van der Waals surface area (Å²) in [6.07, 6.45) is 6.62. The molecule has 0 saturated heterocycles. The minimum atomic E-state index is 1.43. The number of aromatic nitrogens is 1. The largest absolute Gasteiger partial charge is 0.265 e. The van der Waals surface area contributed by atoms with Crippen molar-refractivity contribution in [2.75, 3.05) is 0 Å². The molecule has 0 bridgehead atoms. The van der Waals surface area contributed by atoms with Crippen LogP contribution in [0.15, 0.2) is 42.7 Å². The van der Waals surface area contributed by atoms with Gasteiger partial charge in [0.2, 0.25) is 0 Å². The maximum atomic E-state index is 7.73. The predicted molar refractivity (Wildman–Crippen MR) is 44.7 cm³/mol. The van der Waals surface area contributed by atoms with E-state index in [0.29, 0.717) is 0 Å². The average Bonchev–Trinajstić information content (AvgIpc) is 2.10. The van der Waals surface area contributed by atoms with Gasteiger partial charge >= 0.3 is 0 Å². The Bertz CT molecular complexity index is 194. The summed E-state index contributed by atoms with van der Waals surface area (Å²) >= 11 is 0. The van der Waals surface area contributed by atoms with Gasteiger partial charge < -0.3 is 0 Å². The van der Waals surface area contributed by atoms with E-state index in [1.165, 1.54) is 6.08 Å². The van der Waals surface area contributed by atoms with Crippen molar-refractivity contribution in [2.24, 2.45) is 0 Å². The van der Waals surface area contributed by atoms with Crippen LogP contribution in [-0.4, -0.2) is 4.98 Å². The summed E-state index contributed by atoms with van der Waals surface area (Å²) in [5, 5.41) is 7.73. The Hall–Kier alpha value is -1.62. The molecule has 0 spiro atoms. The molecule has 1 aromatic heterocycles. The molecule has 0 aliphatic heterocycles. The summed E-state index contributed by atoms with van der Waals surface area (Å²) in [6, 6.07) is 7.55. The van der Waals surface area contributed by atoms with Crippen molar-refractivity contribution in [1.82, 2.24) is 4.98 Å². The van der Waals surface area contributed by atoms with E-state index in [-0.39, 0.29) is 0 Å². The fraction of sp³-hybridized carbons (Fsp3) is 0.111. The zero-order valence-corrected chi connectivity index (χ0v) is 6.44. The highest BCUT2D eigenvalue weighted by molar-refractivity contribution is 4.99. The van der Waals surface area contributed by atoms with Crippen LogP contribution >= 0.6 is 0 Å². The topological polar surface area (TPSA) is 36.7 Å². The zero-order chi connectivity index (χ0) is 8.36. The van der Waals surface area contributed by atoms with E-state index in [2.05, 4.69) is 4.98 Å². The molecule has 0 unspecified atom stereocenters. The lowest BCUT2D eigenvalue weighted by Crippen LogP contribution is -1.58. The van der Waals surface area contributed by atoms with Crippen molar-refractivity contribution in [3.05, 3.63) is 42.7 Å². The molecule has 2 nitrogen and oxygen atoms in total. The van der Waals surface area contributed by atoms with Crippen LogP contribution in [0, 0.1) is 11.3 Å². The predicted octanol–water partition coefficient (Wildman–Crippen LogP) is 2.17. The molecule has 1 rings (SSSR count). The minimum absolute atomic E-state index is 1.43. The van der Waals surface area contributed by atoms with Gasteiger partial charge in [-0.1, -0.05) is 12.1 Å². The minimum Gasteiger partial charge on any atom is -0.265 e. The molecule has 0 atom stereocenters. The molecule has 56 valence electrons. The van der Waals surface area contributed by atoms with Crippen LogP contribution in [0.5, 0.6) is 0 Å². The van der Waals surface area contributed by atoms with Gasteiger partial charge in [0.1, 0.15) is 0 Å². The SMILES string of the molecule is CC=CC#N.c1ccncc1. The van der Waals surface area contributed by atoms with Crippen molar-refractivity contribution in [3.63, 3.8) is 0 Å². The normalized spacial score (nSPS) is 8.00. The van der Waals surface area contributed by atoms with E-state index in [0.717, 1.165) is 0 Å². The first kappa shape index (κ1) is 9.38. The van der Waals surface area contributed by atoms with Gasteiger partial charge in [-0.2, -0.15) is 5.26 Å². The van der Waals surface area contributed by atoms with E-state index < -0.39 is 0 Å². The number of rotatable bonds is 0. The lowest BCUT2D eigenvalue weighted by molar-refractivity contribution is 1.33. The van der Waals surface area contributed by atoms with Crippen LogP contribution < -0.4 is 0 Å². The molecule has 0 saturated carbocycles. The fourth-order valence-electron chi connectivity index (χ4n) is 0.387. The van der Waals surface area contributed by atoms with Crippen molar-refractivity contribution >= 4 is 0 Å². The van der Waals surface area contributed by atoms with Crippen LogP contribution in [-0.2, 0) is 0 Å². The van der Waals surface area contributed by atoms with Gasteiger partial charge in [-0.3, -0.25) is 4.98 Å². The standard InChI is InChI=1S/C5H5N.C4H5N/c1-2-4-6-5-3-1;1-2-3-4-5/h1-5H;2-3H,1H3. The maximum absolute atomic E-state index is 7.73. The van der Waals surface area contributed by atoms with Crippen LogP contribution in [0.2, 0.25) is 0 Å². The number of hydrogen-bond acceptors (Lipinski definition) is 2. The Morgan fingerprint density at radius 2 is 1.91 bits per heavy atom. The number of hydrogen-bond donors (Lipinski definition) is 0. The van der Waals surface area contributed by atoms with Crippen molar-refractivity contribution < 1.29 is 0 Å². The lowest BCUT2D eigenvalue weighted by Gasteiger charge is -1.70. The molecule has 11 heavy (non-hydrogen) atoms. The number of nitriles is 1. The third kappa shape index (κ3) is 8.38. The molecule has 0 fully saturated rings. The first-order valence-electron chi connectivity index (χ1n) is 3.27. The number of nitrogens with zero attached hydrogens (tertiary/aromatic N) is 2. The third-order valence-electron chi connectivity index (χ3n) is 0.808. The fourth-order valence-corrected chi connectivity index (χ4v) is 0.387. The van der Waals surface area contributed by atoms with Gasteiger partial charge in [0, 0.05) is 18.5 Å². The van der Waals surface area contributed by atoms with E-state index in [4.69, 9.17) is 5.26 Å². The Labute approximate surface area is 66.8 Å². The molecule has 0 N–H and O–H groups in total. The van der Waals surface area contributed by atoms with Crippen LogP contribution in [0.25, 0.3) is 0 Å². The average molecular weight is 146 g/mol. The molecule has 1 heterocycles. The van der Waals surface area contributed by atoms with Gasteiger partial charge in [-0.15, -0.1) is 0 Å². The molecule has 0 aliphatic carbocycles. The second-order valence-corrected chi connectivity index (χ2v) is 1.65. The Morgan fingerprint density at radius 3 is 2.00 bits per heavy atom. The molecule has 0 amide bonds. The van der Waals surface area contributed by atoms with Gasteiger partial charge in [0.15, 0.2) is 0 Å². The summed E-state index contributed by atoms with van der Waals surface area (Å²) < 4.78 is 0. The number of allylic oxidation sites excluding steroid dienone is 2. The first-order chi connectivity index (χ1) is 5.41. The summed E-state index contributed by atoms with van der Waals surface area (Å²) in [5.41, 5.74) is 0. The van der Waals surface area contributed by atoms with E-state index in [9.17, 15) is 0 Å². The van der Waals surface area contributed by atoms with Crippen LogP contribution in [0.4, 0.5) is 0 Å². The summed E-state index contributed by atoms with van der Waals surface area (Å²) in [4.78, 5) is 3.78. The van der Waals surface area contributed by atoms with Crippen molar-refractivity contribution in [2.45, 2.75) is 6.92 Å². The van der Waals surface area contributed by atoms with Gasteiger partial charge in [-0.25, -0.2) is 0 Å². The summed E-state index contributed by atoms with van der Waals surface area (Å²) in [5.74, 6) is 0. The highest BCUT2D eigenvalue weighted by Gasteiger charge is 1.58. The van der Waals surface area contributed by atoms with Crippen LogP contribution in [0.3, 0.4) is 0 Å². The number of pyridine rings is 1. The Kier molecular flexibility index (Phi) is 7.15.